The smallest absolute Gasteiger partial charge is 0.0222 e. The molecule has 0 nitrogen and oxygen atoms in total. The minimum atomic E-state index is 0.633. The lowest BCUT2D eigenvalue weighted by atomic mass is 9.68. The van der Waals surface area contributed by atoms with Gasteiger partial charge in [-0.05, 0) is 36.7 Å². The average Bonchev–Trinajstić information content (AvgIpc) is 2.31. The van der Waals surface area contributed by atoms with Crippen molar-refractivity contribution in [3.8, 4) is 0 Å². The maximum atomic E-state index is 2.33. The van der Waals surface area contributed by atoms with Crippen LogP contribution in [0.2, 0.25) is 0 Å². The second-order valence-corrected chi connectivity index (χ2v) is 5.47. The van der Waals surface area contributed by atoms with Gasteiger partial charge in [-0.15, -0.1) is 0 Å². The molecule has 0 heterocycles. The third-order valence-electron chi connectivity index (χ3n) is 4.12. The van der Waals surface area contributed by atoms with E-state index in [4.69, 9.17) is 0 Å². The highest BCUT2D eigenvalue weighted by molar-refractivity contribution is 5.16. The van der Waals surface area contributed by atoms with Crippen LogP contribution >= 0.6 is 0 Å². The van der Waals surface area contributed by atoms with Crippen molar-refractivity contribution in [3.63, 3.8) is 0 Å². The Hall–Kier alpha value is -0.780. The Kier molecular flexibility index (Phi) is 4.04. The van der Waals surface area contributed by atoms with Crippen molar-refractivity contribution < 1.29 is 0 Å². The Labute approximate surface area is 100 Å². The number of hydrogen-bond donors (Lipinski definition) is 0. The van der Waals surface area contributed by atoms with E-state index in [9.17, 15) is 0 Å². The second-order valence-electron chi connectivity index (χ2n) is 5.47. The SMILES string of the molecule is CCCC1(Cc2ccccc2)CCCCC1. The van der Waals surface area contributed by atoms with Crippen LogP contribution in [0, 0.1) is 5.41 Å². The highest BCUT2D eigenvalue weighted by atomic mass is 14.4. The third kappa shape index (κ3) is 2.87. The van der Waals surface area contributed by atoms with E-state index in [0.717, 1.165) is 0 Å². The minimum Gasteiger partial charge on any atom is -0.0654 e. The molecule has 16 heavy (non-hydrogen) atoms. The Morgan fingerprint density at radius 2 is 1.69 bits per heavy atom. The van der Waals surface area contributed by atoms with E-state index < -0.39 is 0 Å². The molecule has 2 rings (SSSR count). The first kappa shape index (κ1) is 11.7. The van der Waals surface area contributed by atoms with Crippen molar-refractivity contribution in [2.75, 3.05) is 0 Å². The Morgan fingerprint density at radius 1 is 1.00 bits per heavy atom. The Morgan fingerprint density at radius 3 is 2.31 bits per heavy atom. The van der Waals surface area contributed by atoms with Crippen LogP contribution in [-0.2, 0) is 6.42 Å². The molecule has 1 fully saturated rings. The summed E-state index contributed by atoms with van der Waals surface area (Å²) in [4.78, 5) is 0. The van der Waals surface area contributed by atoms with Crippen LogP contribution in [0.25, 0.3) is 0 Å². The Balaban J connectivity index is 2.07. The summed E-state index contributed by atoms with van der Waals surface area (Å²) in [5.74, 6) is 0. The normalized spacial score (nSPS) is 19.6. The summed E-state index contributed by atoms with van der Waals surface area (Å²) >= 11 is 0. The highest BCUT2D eigenvalue weighted by Gasteiger charge is 2.30. The van der Waals surface area contributed by atoms with Crippen LogP contribution in [0.5, 0.6) is 0 Å². The van der Waals surface area contributed by atoms with Crippen molar-refractivity contribution in [2.24, 2.45) is 5.41 Å². The van der Waals surface area contributed by atoms with Crippen molar-refractivity contribution in [2.45, 2.75) is 58.3 Å². The van der Waals surface area contributed by atoms with E-state index in [0.29, 0.717) is 5.41 Å². The van der Waals surface area contributed by atoms with Gasteiger partial charge in [0.05, 0.1) is 0 Å². The van der Waals surface area contributed by atoms with Gasteiger partial charge in [0.1, 0.15) is 0 Å². The summed E-state index contributed by atoms with van der Waals surface area (Å²) in [6.45, 7) is 2.33. The first-order valence-electron chi connectivity index (χ1n) is 6.89. The molecule has 0 bridgehead atoms. The molecule has 0 atom stereocenters. The summed E-state index contributed by atoms with van der Waals surface area (Å²) in [5.41, 5.74) is 2.17. The van der Waals surface area contributed by atoms with E-state index in [-0.39, 0.29) is 0 Å². The maximum Gasteiger partial charge on any atom is -0.0222 e. The predicted octanol–water partition coefficient (Wildman–Crippen LogP) is 4.98. The van der Waals surface area contributed by atoms with Crippen LogP contribution in [0.3, 0.4) is 0 Å². The number of rotatable bonds is 4. The number of benzene rings is 1. The van der Waals surface area contributed by atoms with Crippen molar-refractivity contribution in [3.05, 3.63) is 35.9 Å². The van der Waals surface area contributed by atoms with Gasteiger partial charge in [0, 0.05) is 0 Å². The van der Waals surface area contributed by atoms with Crippen molar-refractivity contribution >= 4 is 0 Å². The zero-order valence-corrected chi connectivity index (χ0v) is 10.5. The van der Waals surface area contributed by atoms with E-state index in [1.54, 1.807) is 0 Å². The number of hydrogen-bond acceptors (Lipinski definition) is 0. The predicted molar refractivity (Wildman–Crippen MR) is 70.6 cm³/mol. The van der Waals surface area contributed by atoms with Gasteiger partial charge >= 0.3 is 0 Å². The topological polar surface area (TPSA) is 0 Å². The van der Waals surface area contributed by atoms with Gasteiger partial charge in [0.15, 0.2) is 0 Å². The molecule has 1 saturated carbocycles. The van der Waals surface area contributed by atoms with Gasteiger partial charge in [-0.3, -0.25) is 0 Å². The quantitative estimate of drug-likeness (QED) is 0.666. The first-order chi connectivity index (χ1) is 7.85. The lowest BCUT2D eigenvalue weighted by Gasteiger charge is -2.37. The molecule has 0 aliphatic heterocycles. The van der Waals surface area contributed by atoms with Gasteiger partial charge in [0.2, 0.25) is 0 Å². The molecule has 0 aromatic heterocycles. The summed E-state index contributed by atoms with van der Waals surface area (Å²) in [6, 6.07) is 11.1. The minimum absolute atomic E-state index is 0.633. The molecule has 1 aliphatic rings. The average molecular weight is 216 g/mol. The fourth-order valence-corrected chi connectivity index (χ4v) is 3.38. The van der Waals surface area contributed by atoms with E-state index >= 15 is 0 Å². The van der Waals surface area contributed by atoms with Crippen LogP contribution < -0.4 is 0 Å². The second kappa shape index (κ2) is 5.52. The highest BCUT2D eigenvalue weighted by Crippen LogP contribution is 2.42. The van der Waals surface area contributed by atoms with Crippen molar-refractivity contribution in [1.82, 2.24) is 0 Å². The Bertz CT molecular complexity index is 288. The molecule has 1 aliphatic carbocycles. The lowest BCUT2D eigenvalue weighted by Crippen LogP contribution is -2.26. The van der Waals surface area contributed by atoms with Gasteiger partial charge in [0.25, 0.3) is 0 Å². The summed E-state index contributed by atoms with van der Waals surface area (Å²) < 4.78 is 0. The summed E-state index contributed by atoms with van der Waals surface area (Å²) in [7, 11) is 0. The largest absolute Gasteiger partial charge is 0.0654 e. The van der Waals surface area contributed by atoms with Crippen LogP contribution in [-0.4, -0.2) is 0 Å². The van der Waals surface area contributed by atoms with Gasteiger partial charge < -0.3 is 0 Å². The van der Waals surface area contributed by atoms with E-state index in [1.807, 2.05) is 0 Å². The fraction of sp³-hybridized carbons (Fsp3) is 0.625. The molecule has 0 unspecified atom stereocenters. The van der Waals surface area contributed by atoms with E-state index in [2.05, 4.69) is 37.3 Å². The van der Waals surface area contributed by atoms with Crippen molar-refractivity contribution in [1.29, 1.82) is 0 Å². The van der Waals surface area contributed by atoms with Gasteiger partial charge in [-0.2, -0.15) is 0 Å². The lowest BCUT2D eigenvalue weighted by molar-refractivity contribution is 0.169. The molecule has 0 amide bonds. The van der Waals surface area contributed by atoms with Gasteiger partial charge in [-0.1, -0.05) is 62.9 Å². The molecule has 0 saturated heterocycles. The van der Waals surface area contributed by atoms with Crippen LogP contribution in [0.15, 0.2) is 30.3 Å². The fourth-order valence-electron chi connectivity index (χ4n) is 3.38. The molecule has 1 aromatic carbocycles. The first-order valence-corrected chi connectivity index (χ1v) is 6.89. The molecule has 1 aromatic rings. The molecular weight excluding hydrogens is 192 g/mol. The van der Waals surface area contributed by atoms with Gasteiger partial charge in [-0.25, -0.2) is 0 Å². The van der Waals surface area contributed by atoms with Crippen LogP contribution in [0.1, 0.15) is 57.4 Å². The molecular formula is C16H24. The molecule has 88 valence electrons. The molecule has 0 radical (unpaired) electrons. The molecule has 0 spiro atoms. The zero-order chi connectivity index (χ0) is 11.3. The maximum absolute atomic E-state index is 2.33. The monoisotopic (exact) mass is 216 g/mol. The zero-order valence-electron chi connectivity index (χ0n) is 10.5. The third-order valence-corrected chi connectivity index (χ3v) is 4.12. The standard InChI is InChI=1S/C16H24/c1-2-11-16(12-7-4-8-13-16)14-15-9-5-3-6-10-15/h3,5-6,9-10H,2,4,7-8,11-14H2,1H3. The molecule has 0 N–H and O–H groups in total. The van der Waals surface area contributed by atoms with E-state index in [1.165, 1.54) is 56.9 Å². The summed E-state index contributed by atoms with van der Waals surface area (Å²) in [6.07, 6.45) is 11.3. The molecule has 0 heteroatoms. The van der Waals surface area contributed by atoms with Crippen LogP contribution in [0.4, 0.5) is 0 Å². The summed E-state index contributed by atoms with van der Waals surface area (Å²) in [5, 5.41) is 0.